The Hall–Kier alpha value is -1.11. The first kappa shape index (κ1) is 17.9. The van der Waals surface area contributed by atoms with Gasteiger partial charge in [-0.15, -0.1) is 0 Å². The van der Waals surface area contributed by atoms with E-state index in [0.717, 1.165) is 6.54 Å². The Morgan fingerprint density at radius 1 is 1.29 bits per heavy atom. The number of guanidine groups is 1. The fraction of sp³-hybridized carbons (Fsp3) is 0.857. The smallest absolute Gasteiger partial charge is 0.410 e. The summed E-state index contributed by atoms with van der Waals surface area (Å²) in [6.07, 6.45) is 1.81. The highest BCUT2D eigenvalue weighted by atomic mass is 32.2. The van der Waals surface area contributed by atoms with Crippen molar-refractivity contribution in [1.29, 1.82) is 0 Å². The molecule has 0 aromatic heterocycles. The molecule has 0 saturated carbocycles. The minimum Gasteiger partial charge on any atom is -0.444 e. The molecule has 1 amide bonds. The van der Waals surface area contributed by atoms with Crippen molar-refractivity contribution in [3.05, 3.63) is 0 Å². The zero-order valence-electron chi connectivity index (χ0n) is 13.8. The van der Waals surface area contributed by atoms with Crippen molar-refractivity contribution < 1.29 is 9.53 Å². The minimum absolute atomic E-state index is 0.256. The molecule has 1 unspecified atom stereocenters. The minimum atomic E-state index is -0.456. The van der Waals surface area contributed by atoms with Gasteiger partial charge in [0.25, 0.3) is 0 Å². The summed E-state index contributed by atoms with van der Waals surface area (Å²) in [4.78, 5) is 20.1. The molecule has 122 valence electrons. The molecule has 1 atom stereocenters. The highest BCUT2D eigenvalue weighted by Crippen LogP contribution is 2.12. The molecule has 0 radical (unpaired) electrons. The fourth-order valence-electron chi connectivity index (χ4n) is 1.84. The van der Waals surface area contributed by atoms with Crippen molar-refractivity contribution in [3.8, 4) is 0 Å². The second-order valence-corrected chi connectivity index (χ2v) is 7.48. The molecule has 6 nitrogen and oxygen atoms in total. The van der Waals surface area contributed by atoms with Crippen molar-refractivity contribution in [2.24, 2.45) is 10.7 Å². The molecule has 1 aliphatic heterocycles. The van der Waals surface area contributed by atoms with Crippen LogP contribution in [0.25, 0.3) is 0 Å². The standard InChI is InChI=1S/C14H28N4O2S/c1-11(21-5)10-16-12(15)17-6-8-18(9-7-17)13(19)20-14(2,3)4/h11H,6-10H2,1-5H3,(H2,15,16). The first-order chi connectivity index (χ1) is 9.73. The molecular formula is C14H28N4O2S. The van der Waals surface area contributed by atoms with Gasteiger partial charge in [0.2, 0.25) is 0 Å². The Morgan fingerprint density at radius 2 is 1.81 bits per heavy atom. The normalized spacial score (nSPS) is 18.6. The van der Waals surface area contributed by atoms with Crippen LogP contribution < -0.4 is 5.73 Å². The lowest BCUT2D eigenvalue weighted by Crippen LogP contribution is -2.53. The monoisotopic (exact) mass is 316 g/mol. The van der Waals surface area contributed by atoms with Crippen molar-refractivity contribution in [2.75, 3.05) is 39.0 Å². The molecule has 1 heterocycles. The lowest BCUT2D eigenvalue weighted by Gasteiger charge is -2.36. The van der Waals surface area contributed by atoms with Gasteiger partial charge in [0.1, 0.15) is 5.60 Å². The van der Waals surface area contributed by atoms with Crippen molar-refractivity contribution >= 4 is 23.8 Å². The van der Waals surface area contributed by atoms with E-state index in [4.69, 9.17) is 10.5 Å². The third-order valence-corrected chi connectivity index (χ3v) is 4.12. The predicted octanol–water partition coefficient (Wildman–Crippen LogP) is 1.61. The lowest BCUT2D eigenvalue weighted by molar-refractivity contribution is 0.0186. The summed E-state index contributed by atoms with van der Waals surface area (Å²) in [6, 6.07) is 0. The third kappa shape index (κ3) is 6.46. The average Bonchev–Trinajstić information content (AvgIpc) is 2.42. The highest BCUT2D eigenvalue weighted by Gasteiger charge is 2.26. The van der Waals surface area contributed by atoms with Crippen LogP contribution in [0.1, 0.15) is 27.7 Å². The molecule has 0 aromatic carbocycles. The summed E-state index contributed by atoms with van der Waals surface area (Å²) in [5.41, 5.74) is 5.55. The molecule has 0 spiro atoms. The maximum Gasteiger partial charge on any atom is 0.410 e. The van der Waals surface area contributed by atoms with Gasteiger partial charge in [0.05, 0.1) is 6.54 Å². The van der Waals surface area contributed by atoms with Crippen LogP contribution in [-0.4, -0.2) is 71.7 Å². The van der Waals surface area contributed by atoms with Gasteiger partial charge in [-0.25, -0.2) is 4.79 Å². The number of hydrogen-bond acceptors (Lipinski definition) is 4. The fourth-order valence-corrected chi connectivity index (χ4v) is 2.06. The summed E-state index contributed by atoms with van der Waals surface area (Å²) >= 11 is 1.77. The zero-order chi connectivity index (χ0) is 16.0. The Balaban J connectivity index is 2.43. The van der Waals surface area contributed by atoms with E-state index in [1.54, 1.807) is 16.7 Å². The largest absolute Gasteiger partial charge is 0.444 e. The van der Waals surface area contributed by atoms with Crippen LogP contribution in [-0.2, 0) is 4.74 Å². The van der Waals surface area contributed by atoms with Crippen LogP contribution in [0.5, 0.6) is 0 Å². The summed E-state index contributed by atoms with van der Waals surface area (Å²) in [5.74, 6) is 0.569. The number of nitrogens with two attached hydrogens (primary N) is 1. The Morgan fingerprint density at radius 3 is 2.29 bits per heavy atom. The Kier molecular flexibility index (Phi) is 6.64. The van der Waals surface area contributed by atoms with Crippen LogP contribution in [0.15, 0.2) is 4.99 Å². The van der Waals surface area contributed by atoms with Gasteiger partial charge in [0, 0.05) is 31.4 Å². The summed E-state index contributed by atoms with van der Waals surface area (Å²) < 4.78 is 5.37. The van der Waals surface area contributed by atoms with Gasteiger partial charge in [-0.05, 0) is 27.0 Å². The van der Waals surface area contributed by atoms with Gasteiger partial charge >= 0.3 is 6.09 Å². The number of carbonyl (C=O) groups excluding carboxylic acids is 1. The molecule has 0 aromatic rings. The maximum atomic E-state index is 12.0. The highest BCUT2D eigenvalue weighted by molar-refractivity contribution is 7.99. The number of nitrogens with zero attached hydrogens (tertiary/aromatic N) is 3. The van der Waals surface area contributed by atoms with Crippen LogP contribution in [0, 0.1) is 0 Å². The van der Waals surface area contributed by atoms with Gasteiger partial charge in [-0.1, -0.05) is 6.92 Å². The van der Waals surface area contributed by atoms with Crippen molar-refractivity contribution in [3.63, 3.8) is 0 Å². The van der Waals surface area contributed by atoms with Gasteiger partial charge in [0.15, 0.2) is 5.96 Å². The molecule has 1 fully saturated rings. The number of rotatable bonds is 3. The van der Waals surface area contributed by atoms with Crippen LogP contribution >= 0.6 is 11.8 Å². The van der Waals surface area contributed by atoms with Crippen LogP contribution in [0.3, 0.4) is 0 Å². The van der Waals surface area contributed by atoms with E-state index in [1.165, 1.54) is 0 Å². The maximum absolute atomic E-state index is 12.0. The van der Waals surface area contributed by atoms with Gasteiger partial charge in [-0.2, -0.15) is 11.8 Å². The number of hydrogen-bond donors (Lipinski definition) is 1. The molecule has 0 aliphatic carbocycles. The quantitative estimate of drug-likeness (QED) is 0.632. The number of carbonyl (C=O) groups is 1. The summed E-state index contributed by atoms with van der Waals surface area (Å²) in [7, 11) is 0. The van der Waals surface area contributed by atoms with E-state index in [1.807, 2.05) is 25.7 Å². The number of piperazine rings is 1. The first-order valence-corrected chi connectivity index (χ1v) is 8.57. The van der Waals surface area contributed by atoms with E-state index < -0.39 is 5.60 Å². The molecule has 2 N–H and O–H groups in total. The van der Waals surface area contributed by atoms with E-state index in [-0.39, 0.29) is 6.09 Å². The number of amides is 1. The Labute approximate surface area is 132 Å². The number of thioether (sulfide) groups is 1. The molecule has 0 bridgehead atoms. The van der Waals surface area contributed by atoms with Crippen LogP contribution in [0.4, 0.5) is 4.79 Å². The van der Waals surface area contributed by atoms with E-state index >= 15 is 0 Å². The molecular weight excluding hydrogens is 288 g/mol. The summed E-state index contributed by atoms with van der Waals surface area (Å²) in [6.45, 7) is 11.1. The van der Waals surface area contributed by atoms with Gasteiger partial charge in [-0.3, -0.25) is 4.99 Å². The van der Waals surface area contributed by atoms with Crippen LogP contribution in [0.2, 0.25) is 0 Å². The summed E-state index contributed by atoms with van der Waals surface area (Å²) in [5, 5.41) is 0.464. The molecule has 1 aliphatic rings. The molecule has 1 saturated heterocycles. The van der Waals surface area contributed by atoms with E-state index in [9.17, 15) is 4.79 Å². The SMILES string of the molecule is CSC(C)CN=C(N)N1CCN(C(=O)OC(C)(C)C)CC1. The van der Waals surface area contributed by atoms with Crippen molar-refractivity contribution in [1.82, 2.24) is 9.80 Å². The molecule has 1 rings (SSSR count). The second-order valence-electron chi connectivity index (χ2n) is 6.20. The number of ether oxygens (including phenoxy) is 1. The Bertz CT molecular complexity index is 374. The predicted molar refractivity (Wildman–Crippen MR) is 88.8 cm³/mol. The zero-order valence-corrected chi connectivity index (χ0v) is 14.6. The molecule has 7 heteroatoms. The second kappa shape index (κ2) is 7.77. The van der Waals surface area contributed by atoms with E-state index in [0.29, 0.717) is 37.4 Å². The number of aliphatic imine (C=N–C) groups is 1. The first-order valence-electron chi connectivity index (χ1n) is 7.28. The average molecular weight is 316 g/mol. The third-order valence-electron chi connectivity index (χ3n) is 3.17. The van der Waals surface area contributed by atoms with E-state index in [2.05, 4.69) is 18.2 Å². The van der Waals surface area contributed by atoms with Crippen molar-refractivity contribution in [2.45, 2.75) is 38.5 Å². The van der Waals surface area contributed by atoms with Gasteiger partial charge < -0.3 is 20.3 Å². The topological polar surface area (TPSA) is 71.2 Å². The lowest BCUT2D eigenvalue weighted by atomic mass is 10.2. The molecule has 21 heavy (non-hydrogen) atoms.